The molecule has 0 radical (unpaired) electrons. The van der Waals surface area contributed by atoms with E-state index in [2.05, 4.69) is 20.6 Å². The summed E-state index contributed by atoms with van der Waals surface area (Å²) in [6, 6.07) is 0.270. The second kappa shape index (κ2) is 9.13. The number of alkyl halides is 6. The van der Waals surface area contributed by atoms with E-state index in [4.69, 9.17) is 61.0 Å². The predicted molar refractivity (Wildman–Crippen MR) is 86.5 cm³/mol. The number of carbonyl (C=O) groups is 1. The van der Waals surface area contributed by atoms with Crippen molar-refractivity contribution in [3.8, 4) is 5.88 Å². The van der Waals surface area contributed by atoms with Gasteiger partial charge in [-0.05, 0) is 47.8 Å². The Morgan fingerprint density at radius 2 is 2.00 bits per heavy atom. The van der Waals surface area contributed by atoms with Crippen LogP contribution in [0.4, 0.5) is 19.1 Å². The van der Waals surface area contributed by atoms with Crippen molar-refractivity contribution in [2.75, 3.05) is 18.4 Å². The zero-order valence-electron chi connectivity index (χ0n) is 12.1. The third-order valence-corrected chi connectivity index (χ3v) is 3.05. The Balaban J connectivity index is 0.000000381. The number of ether oxygens (including phenoxy) is 1. The van der Waals surface area contributed by atoms with Gasteiger partial charge in [-0.3, -0.25) is 0 Å². The number of anilines is 1. The molecule has 1 aliphatic rings. The smallest absolute Gasteiger partial charge is 0.475 e. The summed E-state index contributed by atoms with van der Waals surface area (Å²) in [6.07, 6.45) is -2.70. The Bertz CT molecular complexity index is 595. The molecule has 25 heavy (non-hydrogen) atoms. The van der Waals surface area contributed by atoms with E-state index in [0.717, 1.165) is 19.5 Å². The molecular formula is C11H11Cl4F3N4O3. The van der Waals surface area contributed by atoms with Crippen molar-refractivity contribution < 1.29 is 27.8 Å². The molecule has 3 N–H and O–H groups in total. The summed E-state index contributed by atoms with van der Waals surface area (Å²) in [7, 11) is 0. The lowest BCUT2D eigenvalue weighted by molar-refractivity contribution is -0.192. The summed E-state index contributed by atoms with van der Waals surface area (Å²) < 4.78 is 34.8. The maximum atomic E-state index is 10.6. The van der Waals surface area contributed by atoms with E-state index >= 15 is 0 Å². The van der Waals surface area contributed by atoms with E-state index in [9.17, 15) is 13.2 Å². The van der Waals surface area contributed by atoms with Crippen LogP contribution in [0.2, 0.25) is 5.02 Å². The Morgan fingerprint density at radius 3 is 2.44 bits per heavy atom. The van der Waals surface area contributed by atoms with Gasteiger partial charge >= 0.3 is 16.1 Å². The second-order valence-electron chi connectivity index (χ2n) is 4.53. The van der Waals surface area contributed by atoms with Gasteiger partial charge in [0.25, 0.3) is 0 Å². The number of halogens is 7. The molecule has 0 amide bonds. The predicted octanol–water partition coefficient (Wildman–Crippen LogP) is 3.24. The Kier molecular flexibility index (Phi) is 8.07. The van der Waals surface area contributed by atoms with Gasteiger partial charge in [0.05, 0.1) is 6.20 Å². The number of nitrogens with zero attached hydrogens (tertiary/aromatic N) is 2. The van der Waals surface area contributed by atoms with Crippen LogP contribution in [0.5, 0.6) is 5.88 Å². The second-order valence-corrected chi connectivity index (χ2v) is 7.12. The van der Waals surface area contributed by atoms with Crippen LogP contribution in [0.3, 0.4) is 0 Å². The highest BCUT2D eigenvalue weighted by atomic mass is 35.6. The van der Waals surface area contributed by atoms with Gasteiger partial charge in [0, 0.05) is 12.6 Å². The average Bonchev–Trinajstić information content (AvgIpc) is 2.93. The zero-order valence-corrected chi connectivity index (χ0v) is 15.1. The molecule has 0 bridgehead atoms. The molecule has 2 heterocycles. The van der Waals surface area contributed by atoms with Gasteiger partial charge in [-0.25, -0.2) is 9.78 Å². The van der Waals surface area contributed by atoms with E-state index in [1.54, 1.807) is 0 Å². The molecule has 1 aromatic rings. The summed E-state index contributed by atoms with van der Waals surface area (Å²) in [5.74, 6) is -2.34. The van der Waals surface area contributed by atoms with Crippen molar-refractivity contribution >= 4 is 58.3 Å². The van der Waals surface area contributed by atoms with Crippen molar-refractivity contribution in [3.63, 3.8) is 0 Å². The molecule has 14 heteroatoms. The lowest BCUT2D eigenvalue weighted by atomic mass is 10.3. The first-order valence-electron chi connectivity index (χ1n) is 6.44. The molecule has 142 valence electrons. The van der Waals surface area contributed by atoms with Crippen LogP contribution in [0.1, 0.15) is 6.42 Å². The lowest BCUT2D eigenvalue weighted by Gasteiger charge is -2.15. The minimum atomic E-state index is -5.08. The Morgan fingerprint density at radius 1 is 1.40 bits per heavy atom. The first-order valence-corrected chi connectivity index (χ1v) is 7.95. The number of carboxylic acids is 1. The molecule has 0 aliphatic carbocycles. The third-order valence-electron chi connectivity index (χ3n) is 2.56. The van der Waals surface area contributed by atoms with Crippen LogP contribution in [0.15, 0.2) is 6.20 Å². The Labute approximate surface area is 159 Å². The summed E-state index contributed by atoms with van der Waals surface area (Å²) in [5.41, 5.74) is 0. The molecule has 0 spiro atoms. The number of aromatic nitrogens is 2. The molecule has 1 aromatic heterocycles. The van der Waals surface area contributed by atoms with E-state index in [1.165, 1.54) is 6.20 Å². The van der Waals surface area contributed by atoms with Crippen molar-refractivity contribution in [1.29, 1.82) is 0 Å². The summed E-state index contributed by atoms with van der Waals surface area (Å²) in [6.45, 7) is 1.81. The van der Waals surface area contributed by atoms with Crippen molar-refractivity contribution in [3.05, 3.63) is 11.2 Å². The highest BCUT2D eigenvalue weighted by Gasteiger charge is 2.38. The Hall–Kier alpha value is -0.940. The fraction of sp³-hybridized carbons (Fsp3) is 0.545. The van der Waals surface area contributed by atoms with E-state index in [-0.39, 0.29) is 16.9 Å². The van der Waals surface area contributed by atoms with Crippen molar-refractivity contribution in [2.24, 2.45) is 0 Å². The van der Waals surface area contributed by atoms with Crippen molar-refractivity contribution in [1.82, 2.24) is 15.3 Å². The highest BCUT2D eigenvalue weighted by Crippen LogP contribution is 2.33. The minimum Gasteiger partial charge on any atom is -0.475 e. The van der Waals surface area contributed by atoms with Crippen LogP contribution in [0.25, 0.3) is 0 Å². The summed E-state index contributed by atoms with van der Waals surface area (Å²) >= 11 is 22.4. The molecule has 7 nitrogen and oxygen atoms in total. The van der Waals surface area contributed by atoms with Gasteiger partial charge in [-0.15, -0.1) is 0 Å². The molecule has 1 atom stereocenters. The van der Waals surface area contributed by atoms with Gasteiger partial charge in [0.1, 0.15) is 5.02 Å². The maximum Gasteiger partial charge on any atom is 0.490 e. The number of rotatable bonds is 3. The highest BCUT2D eigenvalue weighted by molar-refractivity contribution is 6.66. The first-order chi connectivity index (χ1) is 11.4. The van der Waals surface area contributed by atoms with Gasteiger partial charge < -0.3 is 20.5 Å². The first kappa shape index (κ1) is 22.1. The summed E-state index contributed by atoms with van der Waals surface area (Å²) in [5, 5.41) is 13.7. The normalized spacial score (nSPS) is 17.5. The largest absolute Gasteiger partial charge is 0.490 e. The minimum absolute atomic E-state index is 0.0279. The SMILES string of the molecule is Clc1cnc(NC2CCNC2)nc1OC(Cl)(Cl)Cl.O=C(O)C(F)(F)F. The molecule has 1 fully saturated rings. The topological polar surface area (TPSA) is 96.4 Å². The van der Waals surface area contributed by atoms with Crippen LogP contribution < -0.4 is 15.4 Å². The van der Waals surface area contributed by atoms with Crippen LogP contribution in [-0.2, 0) is 4.79 Å². The fourth-order valence-corrected chi connectivity index (χ4v) is 1.91. The lowest BCUT2D eigenvalue weighted by Crippen LogP contribution is -2.23. The van der Waals surface area contributed by atoms with E-state index in [1.807, 2.05) is 0 Å². The molecule has 1 aliphatic heterocycles. The van der Waals surface area contributed by atoms with Crippen LogP contribution in [-0.4, -0.2) is 50.3 Å². The van der Waals surface area contributed by atoms with Gasteiger partial charge in [-0.2, -0.15) is 18.2 Å². The fourth-order valence-electron chi connectivity index (χ4n) is 1.56. The molecular weight excluding hydrogens is 435 g/mol. The van der Waals surface area contributed by atoms with Crippen molar-refractivity contribution in [2.45, 2.75) is 22.6 Å². The third kappa shape index (κ3) is 8.82. The van der Waals surface area contributed by atoms with Gasteiger partial charge in [0.2, 0.25) is 11.8 Å². The van der Waals surface area contributed by atoms with E-state index < -0.39 is 16.1 Å². The number of hydrogen-bond acceptors (Lipinski definition) is 6. The number of nitrogens with one attached hydrogen (secondary N) is 2. The molecule has 2 rings (SSSR count). The quantitative estimate of drug-likeness (QED) is 0.614. The average molecular weight is 446 g/mol. The number of aliphatic carboxylic acids is 1. The number of hydrogen-bond donors (Lipinski definition) is 3. The van der Waals surface area contributed by atoms with Crippen LogP contribution in [0, 0.1) is 0 Å². The standard InChI is InChI=1S/C9H10Cl4N4O.C2HF3O2/c10-6-4-15-8(16-5-1-2-14-3-5)17-7(6)18-9(11,12)13;3-2(4,5)1(6)7/h4-5,14H,1-3H2,(H,15,16,17);(H,6,7). The van der Waals surface area contributed by atoms with Gasteiger partial charge in [-0.1, -0.05) is 11.6 Å². The maximum absolute atomic E-state index is 10.6. The number of carboxylic acid groups (broad SMARTS) is 1. The van der Waals surface area contributed by atoms with E-state index in [0.29, 0.717) is 5.95 Å². The van der Waals surface area contributed by atoms with Crippen LogP contribution >= 0.6 is 46.4 Å². The van der Waals surface area contributed by atoms with Gasteiger partial charge in [0.15, 0.2) is 0 Å². The monoisotopic (exact) mass is 444 g/mol. The molecule has 0 aromatic carbocycles. The molecule has 1 unspecified atom stereocenters. The summed E-state index contributed by atoms with van der Waals surface area (Å²) in [4.78, 5) is 17.0. The molecule has 1 saturated heterocycles. The molecule has 0 saturated carbocycles. The zero-order chi connectivity index (χ0) is 19.3.